The van der Waals surface area contributed by atoms with Crippen molar-refractivity contribution in [2.45, 2.75) is 71.6 Å². The van der Waals surface area contributed by atoms with Crippen LogP contribution < -0.4 is 10.6 Å². The van der Waals surface area contributed by atoms with Crippen molar-refractivity contribution in [2.24, 2.45) is 5.92 Å². The van der Waals surface area contributed by atoms with Gasteiger partial charge in [0.2, 0.25) is 5.91 Å². The summed E-state index contributed by atoms with van der Waals surface area (Å²) >= 11 is 0. The number of nitrogens with one attached hydrogen (secondary N) is 2. The van der Waals surface area contributed by atoms with Crippen molar-refractivity contribution in [3.05, 3.63) is 12.7 Å². The Morgan fingerprint density at radius 1 is 1.22 bits per heavy atom. The molecule has 0 spiro atoms. The van der Waals surface area contributed by atoms with Gasteiger partial charge in [-0.15, -0.1) is 0 Å². The molecule has 2 atom stereocenters. The zero-order valence-electron chi connectivity index (χ0n) is 17.0. The first-order valence-electron chi connectivity index (χ1n) is 9.17. The molecule has 0 unspecified atom stereocenters. The predicted octanol–water partition coefficient (Wildman–Crippen LogP) is 1.91. The maximum absolute atomic E-state index is 12.1. The molecule has 0 aliphatic carbocycles. The van der Waals surface area contributed by atoms with Crippen molar-refractivity contribution >= 4 is 18.0 Å². The van der Waals surface area contributed by atoms with Crippen molar-refractivity contribution < 1.29 is 29.0 Å². The summed E-state index contributed by atoms with van der Waals surface area (Å²) in [4.78, 5) is 35.2. The molecule has 0 saturated heterocycles. The van der Waals surface area contributed by atoms with Crippen LogP contribution in [-0.4, -0.2) is 54.0 Å². The van der Waals surface area contributed by atoms with E-state index in [9.17, 15) is 19.5 Å². The first-order chi connectivity index (χ1) is 12.5. The molecule has 0 saturated carbocycles. The second-order valence-corrected chi connectivity index (χ2v) is 7.61. The summed E-state index contributed by atoms with van der Waals surface area (Å²) in [6, 6.07) is -0.576. The van der Waals surface area contributed by atoms with Crippen LogP contribution in [0.1, 0.15) is 53.9 Å². The van der Waals surface area contributed by atoms with Gasteiger partial charge in [-0.05, 0) is 33.1 Å². The van der Waals surface area contributed by atoms with Gasteiger partial charge in [0.05, 0.1) is 18.6 Å². The number of rotatable bonds is 11. The molecule has 0 aliphatic heterocycles. The van der Waals surface area contributed by atoms with E-state index >= 15 is 0 Å². The lowest BCUT2D eigenvalue weighted by Crippen LogP contribution is -2.47. The number of amides is 2. The maximum atomic E-state index is 12.1. The van der Waals surface area contributed by atoms with Gasteiger partial charge in [0.15, 0.2) is 0 Å². The van der Waals surface area contributed by atoms with Gasteiger partial charge in [0.25, 0.3) is 0 Å². The van der Waals surface area contributed by atoms with E-state index in [0.717, 1.165) is 0 Å². The third kappa shape index (κ3) is 12.8. The Kier molecular flexibility index (Phi) is 11.4. The summed E-state index contributed by atoms with van der Waals surface area (Å²) in [5.41, 5.74) is -0.575. The number of carbonyl (C=O) groups excluding carboxylic acids is 3. The number of aliphatic hydroxyl groups is 1. The van der Waals surface area contributed by atoms with E-state index in [1.807, 2.05) is 13.8 Å². The van der Waals surface area contributed by atoms with Crippen molar-refractivity contribution in [2.75, 3.05) is 13.2 Å². The molecule has 0 aromatic rings. The number of esters is 1. The van der Waals surface area contributed by atoms with Gasteiger partial charge in [-0.2, -0.15) is 0 Å². The fourth-order valence-corrected chi connectivity index (χ4v) is 2.23. The standard InChI is InChI=1S/C19H34N2O6/c1-7-11-26-16(24)12-14(22)17(13(2)3)21-15(23)9-8-10-20-18(25)27-19(4,5)6/h7,13-14,17,22H,1,8-12H2,2-6H3,(H,20,25)(H,21,23)/t14-,17+/m0/s1. The molecule has 8 nitrogen and oxygen atoms in total. The Balaban J connectivity index is 4.30. The summed E-state index contributed by atoms with van der Waals surface area (Å²) < 4.78 is 9.95. The number of hydrogen-bond donors (Lipinski definition) is 3. The summed E-state index contributed by atoms with van der Waals surface area (Å²) in [5.74, 6) is -0.891. The van der Waals surface area contributed by atoms with Crippen molar-refractivity contribution in [1.29, 1.82) is 0 Å². The molecule has 27 heavy (non-hydrogen) atoms. The first-order valence-corrected chi connectivity index (χ1v) is 9.17. The van der Waals surface area contributed by atoms with E-state index in [2.05, 4.69) is 17.2 Å². The first kappa shape index (κ1) is 24.9. The molecule has 0 aromatic carbocycles. The molecule has 2 amide bonds. The highest BCUT2D eigenvalue weighted by Crippen LogP contribution is 2.11. The Labute approximate surface area is 161 Å². The minimum atomic E-state index is -1.05. The number of aliphatic hydroxyl groups excluding tert-OH is 1. The zero-order valence-corrected chi connectivity index (χ0v) is 17.0. The van der Waals surface area contributed by atoms with E-state index < -0.39 is 29.8 Å². The van der Waals surface area contributed by atoms with Gasteiger partial charge >= 0.3 is 12.1 Å². The molecule has 0 rings (SSSR count). The highest BCUT2D eigenvalue weighted by atomic mass is 16.6. The maximum Gasteiger partial charge on any atom is 0.407 e. The minimum absolute atomic E-state index is 0.0731. The van der Waals surface area contributed by atoms with Crippen LogP contribution in [-0.2, 0) is 19.1 Å². The fourth-order valence-electron chi connectivity index (χ4n) is 2.23. The Hall–Kier alpha value is -2.09. The molecule has 0 aromatic heterocycles. The number of carbonyl (C=O) groups is 3. The van der Waals surface area contributed by atoms with Gasteiger partial charge in [-0.3, -0.25) is 9.59 Å². The lowest BCUT2D eigenvalue weighted by Gasteiger charge is -2.27. The molecule has 0 radical (unpaired) electrons. The zero-order chi connectivity index (χ0) is 21.0. The third-order valence-corrected chi connectivity index (χ3v) is 3.45. The van der Waals surface area contributed by atoms with E-state index in [-0.39, 0.29) is 31.3 Å². The van der Waals surface area contributed by atoms with Crippen LogP contribution >= 0.6 is 0 Å². The molecule has 0 heterocycles. The van der Waals surface area contributed by atoms with Crippen molar-refractivity contribution in [3.8, 4) is 0 Å². The molecule has 156 valence electrons. The van der Waals surface area contributed by atoms with Gasteiger partial charge in [0, 0.05) is 13.0 Å². The molecular weight excluding hydrogens is 352 g/mol. The smallest absolute Gasteiger partial charge is 0.407 e. The number of hydrogen-bond acceptors (Lipinski definition) is 6. The molecular formula is C19H34N2O6. The normalized spacial score (nSPS) is 13.4. The fraction of sp³-hybridized carbons (Fsp3) is 0.737. The molecule has 3 N–H and O–H groups in total. The third-order valence-electron chi connectivity index (χ3n) is 3.45. The SMILES string of the molecule is C=CCOC(=O)C[C@H](O)[C@H](NC(=O)CCCNC(=O)OC(C)(C)C)C(C)C. The average molecular weight is 386 g/mol. The van der Waals surface area contributed by atoms with Gasteiger partial charge in [-0.25, -0.2) is 4.79 Å². The number of ether oxygens (including phenoxy) is 2. The molecule has 0 bridgehead atoms. The van der Waals surface area contributed by atoms with E-state index in [1.54, 1.807) is 20.8 Å². The van der Waals surface area contributed by atoms with Crippen LogP contribution in [0.25, 0.3) is 0 Å². The van der Waals surface area contributed by atoms with Crippen LogP contribution in [0.4, 0.5) is 4.79 Å². The largest absolute Gasteiger partial charge is 0.461 e. The van der Waals surface area contributed by atoms with Crippen LogP contribution in [0.5, 0.6) is 0 Å². The highest BCUT2D eigenvalue weighted by Gasteiger charge is 2.27. The van der Waals surface area contributed by atoms with Crippen LogP contribution in [0.15, 0.2) is 12.7 Å². The predicted molar refractivity (Wildman–Crippen MR) is 102 cm³/mol. The Morgan fingerprint density at radius 3 is 2.37 bits per heavy atom. The van der Waals surface area contributed by atoms with Gasteiger partial charge in [0.1, 0.15) is 12.2 Å². The average Bonchev–Trinajstić information content (AvgIpc) is 2.52. The van der Waals surface area contributed by atoms with Crippen LogP contribution in [0, 0.1) is 5.92 Å². The molecule has 0 aliphatic rings. The van der Waals surface area contributed by atoms with Crippen LogP contribution in [0.3, 0.4) is 0 Å². The van der Waals surface area contributed by atoms with E-state index in [0.29, 0.717) is 13.0 Å². The lowest BCUT2D eigenvalue weighted by molar-refractivity contribution is -0.145. The van der Waals surface area contributed by atoms with Crippen molar-refractivity contribution in [3.63, 3.8) is 0 Å². The summed E-state index contributed by atoms with van der Waals surface area (Å²) in [6.45, 7) is 12.8. The summed E-state index contributed by atoms with van der Waals surface area (Å²) in [6.07, 6.45) is 0.247. The lowest BCUT2D eigenvalue weighted by atomic mass is 9.96. The summed E-state index contributed by atoms with van der Waals surface area (Å²) in [5, 5.41) is 15.6. The second-order valence-electron chi connectivity index (χ2n) is 7.61. The summed E-state index contributed by atoms with van der Waals surface area (Å²) in [7, 11) is 0. The minimum Gasteiger partial charge on any atom is -0.461 e. The monoisotopic (exact) mass is 386 g/mol. The highest BCUT2D eigenvalue weighted by molar-refractivity contribution is 5.76. The van der Waals surface area contributed by atoms with Crippen molar-refractivity contribution in [1.82, 2.24) is 10.6 Å². The molecule has 8 heteroatoms. The van der Waals surface area contributed by atoms with E-state index in [1.165, 1.54) is 6.08 Å². The quantitative estimate of drug-likeness (QED) is 0.284. The Morgan fingerprint density at radius 2 is 1.85 bits per heavy atom. The van der Waals surface area contributed by atoms with Crippen LogP contribution in [0.2, 0.25) is 0 Å². The number of alkyl carbamates (subject to hydrolysis) is 1. The van der Waals surface area contributed by atoms with E-state index in [4.69, 9.17) is 9.47 Å². The second kappa shape index (κ2) is 12.3. The van der Waals surface area contributed by atoms with Gasteiger partial charge < -0.3 is 25.2 Å². The van der Waals surface area contributed by atoms with Gasteiger partial charge in [-0.1, -0.05) is 26.5 Å². The topological polar surface area (TPSA) is 114 Å². The molecule has 0 fully saturated rings. The Bertz CT molecular complexity index is 499.